The Balaban J connectivity index is 2.47. The monoisotopic (exact) mass is 318 g/mol. The Kier molecular flexibility index (Phi) is 6.61. The van der Waals surface area contributed by atoms with Crippen LogP contribution < -0.4 is 15.4 Å². The summed E-state index contributed by atoms with van der Waals surface area (Å²) in [6, 6.07) is 4.09. The third kappa shape index (κ3) is 5.27. The van der Waals surface area contributed by atoms with Crippen molar-refractivity contribution in [1.29, 1.82) is 0 Å². The van der Waals surface area contributed by atoms with Gasteiger partial charge in [0, 0.05) is 17.6 Å². The zero-order valence-corrected chi connectivity index (χ0v) is 12.7. The molecular weight excluding hydrogens is 303 g/mol. The van der Waals surface area contributed by atoms with Crippen LogP contribution in [0, 0.1) is 0 Å². The maximum absolute atomic E-state index is 11.6. The number of carbonyl (C=O) groups excluding carboxylic acids is 2. The molecule has 7 heteroatoms. The molecular formula is C13H16Cl2N2O3. The maximum Gasteiger partial charge on any atom is 0.258 e. The molecule has 2 amide bonds. The van der Waals surface area contributed by atoms with Crippen LogP contribution in [-0.4, -0.2) is 31.0 Å². The van der Waals surface area contributed by atoms with Gasteiger partial charge in [0.25, 0.3) is 5.91 Å². The summed E-state index contributed by atoms with van der Waals surface area (Å²) in [6.45, 7) is 3.66. The zero-order chi connectivity index (χ0) is 15.1. The van der Waals surface area contributed by atoms with Gasteiger partial charge in [0.2, 0.25) is 5.91 Å². The highest BCUT2D eigenvalue weighted by Crippen LogP contribution is 2.27. The summed E-state index contributed by atoms with van der Waals surface area (Å²) in [6.07, 6.45) is 0. The second-order valence-electron chi connectivity index (χ2n) is 4.05. The third-order valence-corrected chi connectivity index (χ3v) is 2.92. The van der Waals surface area contributed by atoms with Gasteiger partial charge < -0.3 is 15.4 Å². The first kappa shape index (κ1) is 16.6. The van der Waals surface area contributed by atoms with Gasteiger partial charge in [-0.15, -0.1) is 0 Å². The number of benzene rings is 1. The summed E-state index contributed by atoms with van der Waals surface area (Å²) >= 11 is 11.7. The third-order valence-electron chi connectivity index (χ3n) is 2.37. The largest absolute Gasteiger partial charge is 0.482 e. The molecule has 1 atom stereocenters. The first-order valence-electron chi connectivity index (χ1n) is 6.09. The summed E-state index contributed by atoms with van der Waals surface area (Å²) in [7, 11) is 0. The van der Waals surface area contributed by atoms with Gasteiger partial charge in [-0.2, -0.15) is 0 Å². The zero-order valence-electron chi connectivity index (χ0n) is 11.2. The van der Waals surface area contributed by atoms with Crippen LogP contribution in [0.2, 0.25) is 10.0 Å². The molecule has 110 valence electrons. The SMILES string of the molecule is CCNC(=O)[C@@H](C)NC(=O)COc1cc(Cl)ccc1Cl. The summed E-state index contributed by atoms with van der Waals surface area (Å²) in [5, 5.41) is 5.94. The smallest absolute Gasteiger partial charge is 0.258 e. The van der Waals surface area contributed by atoms with Crippen molar-refractivity contribution < 1.29 is 14.3 Å². The number of amides is 2. The maximum atomic E-state index is 11.6. The van der Waals surface area contributed by atoms with Crippen molar-refractivity contribution in [1.82, 2.24) is 10.6 Å². The second kappa shape index (κ2) is 7.97. The number of likely N-dealkylation sites (N-methyl/N-ethyl adjacent to an activating group) is 1. The van der Waals surface area contributed by atoms with Crippen molar-refractivity contribution in [2.75, 3.05) is 13.2 Å². The average Bonchev–Trinajstić information content (AvgIpc) is 2.40. The fourth-order valence-corrected chi connectivity index (χ4v) is 1.74. The van der Waals surface area contributed by atoms with Crippen molar-refractivity contribution in [2.24, 2.45) is 0 Å². The van der Waals surface area contributed by atoms with Crippen molar-refractivity contribution in [3.8, 4) is 5.75 Å². The van der Waals surface area contributed by atoms with Crippen LogP contribution in [0.5, 0.6) is 5.75 Å². The summed E-state index contributed by atoms with van der Waals surface area (Å²) in [5.41, 5.74) is 0. The quantitative estimate of drug-likeness (QED) is 0.843. The first-order chi connectivity index (χ1) is 9.43. The number of hydrogen-bond acceptors (Lipinski definition) is 3. The molecule has 0 heterocycles. The van der Waals surface area contributed by atoms with Crippen molar-refractivity contribution in [3.63, 3.8) is 0 Å². The van der Waals surface area contributed by atoms with Crippen LogP contribution in [0.4, 0.5) is 0 Å². The first-order valence-corrected chi connectivity index (χ1v) is 6.84. The Morgan fingerprint density at radius 3 is 2.70 bits per heavy atom. The van der Waals surface area contributed by atoms with E-state index in [0.717, 1.165) is 0 Å². The average molecular weight is 319 g/mol. The number of halogens is 2. The molecule has 0 saturated heterocycles. The molecule has 2 N–H and O–H groups in total. The lowest BCUT2D eigenvalue weighted by Crippen LogP contribution is -2.46. The number of hydrogen-bond donors (Lipinski definition) is 2. The highest BCUT2D eigenvalue weighted by Gasteiger charge is 2.15. The lowest BCUT2D eigenvalue weighted by atomic mass is 10.3. The van der Waals surface area contributed by atoms with Crippen molar-refractivity contribution >= 4 is 35.0 Å². The number of rotatable bonds is 6. The minimum Gasteiger partial charge on any atom is -0.482 e. The van der Waals surface area contributed by atoms with E-state index >= 15 is 0 Å². The van der Waals surface area contributed by atoms with Crippen LogP contribution >= 0.6 is 23.2 Å². The molecule has 0 fully saturated rings. The van der Waals surface area contributed by atoms with Crippen LogP contribution in [-0.2, 0) is 9.59 Å². The molecule has 1 rings (SSSR count). The van der Waals surface area contributed by atoms with Gasteiger partial charge in [0.1, 0.15) is 11.8 Å². The Morgan fingerprint density at radius 1 is 1.35 bits per heavy atom. The molecule has 0 unspecified atom stereocenters. The van der Waals surface area contributed by atoms with Crippen molar-refractivity contribution in [2.45, 2.75) is 19.9 Å². The molecule has 0 aromatic heterocycles. The number of nitrogens with one attached hydrogen (secondary N) is 2. The standard InChI is InChI=1S/C13H16Cl2N2O3/c1-3-16-13(19)8(2)17-12(18)7-20-11-6-9(14)4-5-10(11)15/h4-6,8H,3,7H2,1-2H3,(H,16,19)(H,17,18)/t8-/m1/s1. The van der Waals surface area contributed by atoms with Gasteiger partial charge in [-0.1, -0.05) is 23.2 Å². The Morgan fingerprint density at radius 2 is 2.05 bits per heavy atom. The van der Waals surface area contributed by atoms with E-state index < -0.39 is 11.9 Å². The minimum atomic E-state index is -0.624. The van der Waals surface area contributed by atoms with Gasteiger partial charge >= 0.3 is 0 Å². The van der Waals surface area contributed by atoms with Crippen LogP contribution in [0.3, 0.4) is 0 Å². The highest BCUT2D eigenvalue weighted by molar-refractivity contribution is 6.34. The van der Waals surface area contributed by atoms with Gasteiger partial charge in [0.15, 0.2) is 6.61 Å². The number of ether oxygens (including phenoxy) is 1. The molecule has 20 heavy (non-hydrogen) atoms. The van der Waals surface area contributed by atoms with Gasteiger partial charge in [-0.25, -0.2) is 0 Å². The fraction of sp³-hybridized carbons (Fsp3) is 0.385. The van der Waals surface area contributed by atoms with Crippen LogP contribution in [0.25, 0.3) is 0 Å². The van der Waals surface area contributed by atoms with E-state index in [4.69, 9.17) is 27.9 Å². The summed E-state index contributed by atoms with van der Waals surface area (Å²) in [4.78, 5) is 23.1. The second-order valence-corrected chi connectivity index (χ2v) is 4.89. The predicted octanol–water partition coefficient (Wildman–Crippen LogP) is 2.01. The highest BCUT2D eigenvalue weighted by atomic mass is 35.5. The lowest BCUT2D eigenvalue weighted by molar-refractivity contribution is -0.129. The molecule has 1 aromatic rings. The molecule has 0 radical (unpaired) electrons. The molecule has 0 aliphatic heterocycles. The normalized spacial score (nSPS) is 11.6. The minimum absolute atomic E-state index is 0.246. The van der Waals surface area contributed by atoms with E-state index in [2.05, 4.69) is 10.6 Å². The molecule has 0 bridgehead atoms. The Labute approximate surface area is 127 Å². The van der Waals surface area contributed by atoms with E-state index in [1.54, 1.807) is 26.0 Å². The van der Waals surface area contributed by atoms with E-state index in [1.165, 1.54) is 6.07 Å². The fourth-order valence-electron chi connectivity index (χ4n) is 1.41. The molecule has 0 saturated carbocycles. The molecule has 0 aliphatic carbocycles. The summed E-state index contributed by atoms with van der Waals surface area (Å²) in [5.74, 6) is -0.346. The molecule has 1 aromatic carbocycles. The topological polar surface area (TPSA) is 67.4 Å². The Hall–Kier alpha value is -1.46. The van der Waals surface area contributed by atoms with E-state index in [1.807, 2.05) is 0 Å². The van der Waals surface area contributed by atoms with E-state index in [0.29, 0.717) is 22.3 Å². The predicted molar refractivity (Wildman–Crippen MR) is 78.2 cm³/mol. The van der Waals surface area contributed by atoms with E-state index in [9.17, 15) is 9.59 Å². The molecule has 0 spiro atoms. The van der Waals surface area contributed by atoms with Crippen LogP contribution in [0.15, 0.2) is 18.2 Å². The molecule has 5 nitrogen and oxygen atoms in total. The van der Waals surface area contributed by atoms with Gasteiger partial charge in [0.05, 0.1) is 5.02 Å². The van der Waals surface area contributed by atoms with E-state index in [-0.39, 0.29) is 12.5 Å². The van der Waals surface area contributed by atoms with Gasteiger partial charge in [-0.05, 0) is 26.0 Å². The van der Waals surface area contributed by atoms with Crippen molar-refractivity contribution in [3.05, 3.63) is 28.2 Å². The number of carbonyl (C=O) groups is 2. The summed E-state index contributed by atoms with van der Waals surface area (Å²) < 4.78 is 5.26. The molecule has 0 aliphatic rings. The van der Waals surface area contributed by atoms with Crippen LogP contribution in [0.1, 0.15) is 13.8 Å². The van der Waals surface area contributed by atoms with Gasteiger partial charge in [-0.3, -0.25) is 9.59 Å². The Bertz CT molecular complexity index is 495. The lowest BCUT2D eigenvalue weighted by Gasteiger charge is -2.14.